The third kappa shape index (κ3) is 2.40. The lowest BCUT2D eigenvalue weighted by molar-refractivity contribution is 0.275. The Bertz CT molecular complexity index is 293. The van der Waals surface area contributed by atoms with Crippen molar-refractivity contribution in [2.24, 2.45) is 5.73 Å². The molecule has 0 fully saturated rings. The van der Waals surface area contributed by atoms with E-state index in [9.17, 15) is 4.39 Å². The molecule has 0 aliphatic carbocycles. The SMILES string of the molecule is N[C@@H](CCO)c1cccc(Cl)c1F. The Hall–Kier alpha value is -0.640. The van der Waals surface area contributed by atoms with Crippen LogP contribution in [-0.2, 0) is 0 Å². The highest BCUT2D eigenvalue weighted by Crippen LogP contribution is 2.23. The molecule has 13 heavy (non-hydrogen) atoms. The van der Waals surface area contributed by atoms with Crippen LogP contribution in [0.15, 0.2) is 18.2 Å². The molecule has 1 atom stereocenters. The van der Waals surface area contributed by atoms with Crippen molar-refractivity contribution in [2.75, 3.05) is 6.61 Å². The van der Waals surface area contributed by atoms with Crippen molar-refractivity contribution in [3.05, 3.63) is 34.6 Å². The Morgan fingerprint density at radius 2 is 2.23 bits per heavy atom. The second-order valence-corrected chi connectivity index (χ2v) is 3.17. The first-order valence-corrected chi connectivity index (χ1v) is 4.35. The molecule has 0 aliphatic rings. The standard InChI is InChI=1S/C9H11ClFNO/c10-7-3-1-2-6(9(7)11)8(12)4-5-13/h1-3,8,13H,4-5,12H2/t8-/m0/s1. The van der Waals surface area contributed by atoms with E-state index in [0.717, 1.165) is 0 Å². The minimum Gasteiger partial charge on any atom is -0.396 e. The highest BCUT2D eigenvalue weighted by atomic mass is 35.5. The lowest BCUT2D eigenvalue weighted by Crippen LogP contribution is -2.13. The van der Waals surface area contributed by atoms with Crippen molar-refractivity contribution >= 4 is 11.6 Å². The molecule has 1 aromatic carbocycles. The summed E-state index contributed by atoms with van der Waals surface area (Å²) in [6.45, 7) is -0.0624. The molecule has 0 amide bonds. The van der Waals surface area contributed by atoms with Gasteiger partial charge in [0.15, 0.2) is 0 Å². The van der Waals surface area contributed by atoms with Crippen molar-refractivity contribution in [1.29, 1.82) is 0 Å². The van der Waals surface area contributed by atoms with Gasteiger partial charge < -0.3 is 10.8 Å². The number of aliphatic hydroxyl groups is 1. The van der Waals surface area contributed by atoms with Crippen molar-refractivity contribution in [2.45, 2.75) is 12.5 Å². The third-order valence-electron chi connectivity index (χ3n) is 1.82. The summed E-state index contributed by atoms with van der Waals surface area (Å²) in [7, 11) is 0. The van der Waals surface area contributed by atoms with Gasteiger partial charge in [-0.05, 0) is 12.5 Å². The van der Waals surface area contributed by atoms with Crippen molar-refractivity contribution in [3.63, 3.8) is 0 Å². The maximum Gasteiger partial charge on any atom is 0.146 e. The zero-order chi connectivity index (χ0) is 9.84. The fraction of sp³-hybridized carbons (Fsp3) is 0.333. The Morgan fingerprint density at radius 1 is 1.54 bits per heavy atom. The summed E-state index contributed by atoms with van der Waals surface area (Å²) in [5.41, 5.74) is 5.97. The predicted octanol–water partition coefficient (Wildman–Crippen LogP) is 1.86. The zero-order valence-corrected chi connectivity index (χ0v) is 7.76. The summed E-state index contributed by atoms with van der Waals surface area (Å²) in [6.07, 6.45) is 0.331. The number of aliphatic hydroxyl groups excluding tert-OH is 1. The number of hydrogen-bond acceptors (Lipinski definition) is 2. The summed E-state index contributed by atoms with van der Waals surface area (Å²) in [6, 6.07) is 4.18. The molecule has 0 unspecified atom stereocenters. The number of benzene rings is 1. The summed E-state index contributed by atoms with van der Waals surface area (Å²) in [5.74, 6) is -0.495. The Kier molecular flexibility index (Phi) is 3.66. The average molecular weight is 204 g/mol. The van der Waals surface area contributed by atoms with E-state index in [1.165, 1.54) is 6.07 Å². The molecule has 0 saturated heterocycles. The van der Waals surface area contributed by atoms with Crippen molar-refractivity contribution in [3.8, 4) is 0 Å². The number of hydrogen-bond donors (Lipinski definition) is 2. The average Bonchev–Trinajstić information content (AvgIpc) is 2.10. The molecular formula is C9H11ClFNO. The molecule has 0 spiro atoms. The largest absolute Gasteiger partial charge is 0.396 e. The van der Waals surface area contributed by atoms with Crippen LogP contribution in [-0.4, -0.2) is 11.7 Å². The third-order valence-corrected chi connectivity index (χ3v) is 2.11. The molecule has 2 nitrogen and oxygen atoms in total. The lowest BCUT2D eigenvalue weighted by atomic mass is 10.0. The van der Waals surface area contributed by atoms with Crippen molar-refractivity contribution in [1.82, 2.24) is 0 Å². The predicted molar refractivity (Wildman–Crippen MR) is 50.0 cm³/mol. The van der Waals surface area contributed by atoms with E-state index in [-0.39, 0.29) is 11.6 Å². The fourth-order valence-corrected chi connectivity index (χ4v) is 1.28. The first-order chi connectivity index (χ1) is 6.16. The molecular weight excluding hydrogens is 193 g/mol. The monoisotopic (exact) mass is 203 g/mol. The smallest absolute Gasteiger partial charge is 0.146 e. The molecule has 1 rings (SSSR count). The molecule has 0 aromatic heterocycles. The van der Waals surface area contributed by atoms with Crippen molar-refractivity contribution < 1.29 is 9.50 Å². The number of rotatable bonds is 3. The van der Waals surface area contributed by atoms with E-state index in [4.69, 9.17) is 22.4 Å². The van der Waals surface area contributed by atoms with Crippen LogP contribution in [0, 0.1) is 5.82 Å². The first kappa shape index (κ1) is 10.4. The molecule has 72 valence electrons. The maximum absolute atomic E-state index is 13.3. The normalized spacial score (nSPS) is 12.9. The van der Waals surface area contributed by atoms with E-state index >= 15 is 0 Å². The van der Waals surface area contributed by atoms with Crippen LogP contribution in [0.5, 0.6) is 0 Å². The topological polar surface area (TPSA) is 46.2 Å². The van der Waals surface area contributed by atoms with Gasteiger partial charge in [-0.25, -0.2) is 4.39 Å². The lowest BCUT2D eigenvalue weighted by Gasteiger charge is -2.11. The number of nitrogens with two attached hydrogens (primary N) is 1. The van der Waals surface area contributed by atoms with Gasteiger partial charge in [0.2, 0.25) is 0 Å². The Morgan fingerprint density at radius 3 is 2.85 bits per heavy atom. The van der Waals surface area contributed by atoms with Crippen LogP contribution in [0.1, 0.15) is 18.0 Å². The van der Waals surface area contributed by atoms with Crippen LogP contribution in [0.3, 0.4) is 0 Å². The first-order valence-electron chi connectivity index (χ1n) is 3.97. The molecule has 1 aromatic rings. The van der Waals surface area contributed by atoms with Crippen LogP contribution < -0.4 is 5.73 Å². The highest BCUT2D eigenvalue weighted by molar-refractivity contribution is 6.30. The maximum atomic E-state index is 13.3. The molecule has 0 radical (unpaired) electrons. The summed E-state index contributed by atoms with van der Waals surface area (Å²) in [5, 5.41) is 8.68. The van der Waals surface area contributed by atoms with E-state index in [1.807, 2.05) is 0 Å². The minimum atomic E-state index is -0.497. The van der Waals surface area contributed by atoms with E-state index in [0.29, 0.717) is 12.0 Å². The zero-order valence-electron chi connectivity index (χ0n) is 7.00. The molecule has 0 heterocycles. The van der Waals surface area contributed by atoms with E-state index in [2.05, 4.69) is 0 Å². The molecule has 0 bridgehead atoms. The number of halogens is 2. The van der Waals surface area contributed by atoms with E-state index < -0.39 is 11.9 Å². The summed E-state index contributed by atoms with van der Waals surface area (Å²) < 4.78 is 13.3. The molecule has 0 saturated carbocycles. The minimum absolute atomic E-state index is 0.0610. The molecule has 3 N–H and O–H groups in total. The van der Waals surface area contributed by atoms with Crippen LogP contribution in [0.25, 0.3) is 0 Å². The van der Waals surface area contributed by atoms with Gasteiger partial charge in [-0.2, -0.15) is 0 Å². The Balaban J connectivity index is 2.93. The summed E-state index contributed by atoms with van der Waals surface area (Å²) in [4.78, 5) is 0. The van der Waals surface area contributed by atoms with Gasteiger partial charge in [-0.15, -0.1) is 0 Å². The molecule has 0 aliphatic heterocycles. The fourth-order valence-electron chi connectivity index (χ4n) is 1.10. The highest BCUT2D eigenvalue weighted by Gasteiger charge is 2.12. The van der Waals surface area contributed by atoms with Gasteiger partial charge >= 0.3 is 0 Å². The van der Waals surface area contributed by atoms with Crippen LogP contribution in [0.2, 0.25) is 5.02 Å². The van der Waals surface area contributed by atoms with Gasteiger partial charge in [-0.1, -0.05) is 23.7 Å². The van der Waals surface area contributed by atoms with Gasteiger partial charge in [0, 0.05) is 18.2 Å². The second-order valence-electron chi connectivity index (χ2n) is 2.76. The van der Waals surface area contributed by atoms with Crippen LogP contribution in [0.4, 0.5) is 4.39 Å². The van der Waals surface area contributed by atoms with Gasteiger partial charge in [-0.3, -0.25) is 0 Å². The second kappa shape index (κ2) is 4.56. The van der Waals surface area contributed by atoms with Crippen LogP contribution >= 0.6 is 11.6 Å². The van der Waals surface area contributed by atoms with Gasteiger partial charge in [0.1, 0.15) is 5.82 Å². The Labute approximate surface area is 81.1 Å². The van der Waals surface area contributed by atoms with Gasteiger partial charge in [0.05, 0.1) is 5.02 Å². The van der Waals surface area contributed by atoms with E-state index in [1.54, 1.807) is 12.1 Å². The van der Waals surface area contributed by atoms with Gasteiger partial charge in [0.25, 0.3) is 0 Å². The molecule has 4 heteroatoms. The quantitative estimate of drug-likeness (QED) is 0.788. The summed E-state index contributed by atoms with van der Waals surface area (Å²) >= 11 is 5.57.